The molecule has 0 amide bonds. The highest BCUT2D eigenvalue weighted by Gasteiger charge is 2.20. The second-order valence-corrected chi connectivity index (χ2v) is 13.1. The number of thiol groups is 3. The summed E-state index contributed by atoms with van der Waals surface area (Å²) in [7, 11) is 0. The standard InChI is InChI=1S/C5H12O3.3C5H10O2S/c1-5(2-6,3-7)4-8;3*1-5(2,8)3-4(6)7/h6-8H,2-4H2,1H3;3*8H,3H2,1-2H3,(H,6,7). The molecule has 0 bridgehead atoms. The number of carbonyl (C=O) groups is 3. The van der Waals surface area contributed by atoms with Gasteiger partial charge in [0, 0.05) is 19.7 Å². The summed E-state index contributed by atoms with van der Waals surface area (Å²) >= 11 is 12.0. The van der Waals surface area contributed by atoms with E-state index in [0.29, 0.717) is 0 Å². The van der Waals surface area contributed by atoms with Crippen LogP contribution in [-0.2, 0) is 14.4 Å². The van der Waals surface area contributed by atoms with Crippen LogP contribution in [0.5, 0.6) is 0 Å². The largest absolute Gasteiger partial charge is 0.481 e. The molecule has 0 spiro atoms. The van der Waals surface area contributed by atoms with E-state index in [-0.39, 0.29) is 53.3 Å². The summed E-state index contributed by atoms with van der Waals surface area (Å²) in [5, 5.41) is 50.0. The van der Waals surface area contributed by atoms with E-state index in [9.17, 15) is 14.4 Å². The summed E-state index contributed by atoms with van der Waals surface area (Å²) < 4.78 is -1.15. The van der Waals surface area contributed by atoms with Gasteiger partial charge in [-0.15, -0.1) is 0 Å². The molecule has 0 unspecified atom stereocenters. The summed E-state index contributed by atoms with van der Waals surface area (Å²) in [6, 6.07) is 0. The molecule has 0 aromatic carbocycles. The van der Waals surface area contributed by atoms with Crippen molar-refractivity contribution < 1.29 is 45.0 Å². The lowest BCUT2D eigenvalue weighted by Crippen LogP contribution is -2.29. The van der Waals surface area contributed by atoms with Gasteiger partial charge in [-0.25, -0.2) is 0 Å². The third-order valence-corrected chi connectivity index (χ3v) is 3.37. The molecule has 0 saturated heterocycles. The van der Waals surface area contributed by atoms with Gasteiger partial charge < -0.3 is 30.6 Å². The Kier molecular flexibility index (Phi) is 21.4. The zero-order chi connectivity index (χ0) is 27.0. The van der Waals surface area contributed by atoms with Crippen molar-refractivity contribution in [3.8, 4) is 0 Å². The lowest BCUT2D eigenvalue weighted by atomic mass is 9.95. The molecule has 0 aromatic rings. The lowest BCUT2D eigenvalue weighted by Gasteiger charge is -2.20. The highest BCUT2D eigenvalue weighted by molar-refractivity contribution is 7.82. The fraction of sp³-hybridized carbons (Fsp3) is 0.850. The number of aliphatic hydroxyl groups is 3. The average Bonchev–Trinajstić information content (AvgIpc) is 2.48. The number of aliphatic carboxylic acids is 3. The molecule has 0 rings (SSSR count). The smallest absolute Gasteiger partial charge is 0.304 e. The van der Waals surface area contributed by atoms with Crippen molar-refractivity contribution in [2.24, 2.45) is 5.41 Å². The van der Waals surface area contributed by atoms with Crippen LogP contribution in [0, 0.1) is 5.41 Å². The van der Waals surface area contributed by atoms with Crippen molar-refractivity contribution >= 4 is 55.8 Å². The highest BCUT2D eigenvalue weighted by Crippen LogP contribution is 2.17. The third kappa shape index (κ3) is 43.3. The Morgan fingerprint density at radius 3 is 0.688 bits per heavy atom. The van der Waals surface area contributed by atoms with Crippen molar-refractivity contribution in [2.45, 2.75) is 82.0 Å². The van der Waals surface area contributed by atoms with Gasteiger partial charge in [-0.05, 0) is 0 Å². The number of carboxylic acids is 3. The second-order valence-electron chi connectivity index (χ2n) is 9.43. The van der Waals surface area contributed by atoms with Crippen LogP contribution in [0.15, 0.2) is 0 Å². The van der Waals surface area contributed by atoms with Crippen LogP contribution in [0.1, 0.15) is 67.7 Å². The van der Waals surface area contributed by atoms with E-state index < -0.39 is 23.3 Å². The summed E-state index contributed by atoms with van der Waals surface area (Å²) in [4.78, 5) is 29.9. The molecule has 0 fully saturated rings. The second kappa shape index (κ2) is 17.8. The number of carboxylic acid groups (broad SMARTS) is 3. The molecule has 0 aromatic heterocycles. The van der Waals surface area contributed by atoms with Crippen LogP contribution < -0.4 is 0 Å². The minimum Gasteiger partial charge on any atom is -0.481 e. The molecule has 0 aliphatic rings. The van der Waals surface area contributed by atoms with E-state index in [1.807, 2.05) is 0 Å². The van der Waals surface area contributed by atoms with Gasteiger partial charge in [-0.3, -0.25) is 14.4 Å². The quantitative estimate of drug-likeness (QED) is 0.206. The Balaban J connectivity index is -0.000000163. The SMILES string of the molecule is CC(C)(S)CC(=O)O.CC(C)(S)CC(=O)O.CC(C)(S)CC(=O)O.CC(CO)(CO)CO. The normalized spacial score (nSPS) is 11.5. The molecule has 12 heteroatoms. The Morgan fingerprint density at radius 1 is 0.531 bits per heavy atom. The Morgan fingerprint density at radius 2 is 0.688 bits per heavy atom. The van der Waals surface area contributed by atoms with E-state index in [0.717, 1.165) is 0 Å². The minimum atomic E-state index is -0.801. The van der Waals surface area contributed by atoms with E-state index in [4.69, 9.17) is 30.6 Å². The van der Waals surface area contributed by atoms with E-state index in [2.05, 4.69) is 37.9 Å². The number of hydrogen-bond acceptors (Lipinski definition) is 9. The first-order valence-electron chi connectivity index (χ1n) is 9.58. The Labute approximate surface area is 207 Å². The van der Waals surface area contributed by atoms with Crippen molar-refractivity contribution in [3.05, 3.63) is 0 Å². The van der Waals surface area contributed by atoms with Crippen LogP contribution in [0.2, 0.25) is 0 Å². The predicted octanol–water partition coefficient (Wildman–Crippen LogP) is 2.48. The molecular formula is C20H42O9S3. The molecule has 0 aliphatic heterocycles. The van der Waals surface area contributed by atoms with E-state index in [1.165, 1.54) is 0 Å². The lowest BCUT2D eigenvalue weighted by molar-refractivity contribution is -0.138. The van der Waals surface area contributed by atoms with Gasteiger partial charge in [0.05, 0.1) is 39.1 Å². The average molecular weight is 523 g/mol. The van der Waals surface area contributed by atoms with Crippen LogP contribution in [0.3, 0.4) is 0 Å². The van der Waals surface area contributed by atoms with Gasteiger partial charge in [0.25, 0.3) is 0 Å². The van der Waals surface area contributed by atoms with E-state index in [1.54, 1.807) is 48.5 Å². The molecule has 0 radical (unpaired) electrons. The maximum absolute atomic E-state index is 9.97. The zero-order valence-electron chi connectivity index (χ0n) is 20.0. The number of rotatable bonds is 9. The van der Waals surface area contributed by atoms with Gasteiger partial charge in [-0.1, -0.05) is 48.5 Å². The summed E-state index contributed by atoms with van der Waals surface area (Å²) in [5.74, 6) is -2.40. The number of hydrogen-bond donors (Lipinski definition) is 9. The first-order chi connectivity index (χ1) is 13.9. The molecule has 0 saturated carbocycles. The molecule has 194 valence electrons. The first kappa shape index (κ1) is 38.6. The molecule has 0 heterocycles. The van der Waals surface area contributed by atoms with Crippen LogP contribution in [-0.4, -0.2) is 82.6 Å². The predicted molar refractivity (Wildman–Crippen MR) is 135 cm³/mol. The maximum Gasteiger partial charge on any atom is 0.304 e. The van der Waals surface area contributed by atoms with Gasteiger partial charge in [-0.2, -0.15) is 37.9 Å². The molecule has 32 heavy (non-hydrogen) atoms. The van der Waals surface area contributed by atoms with Gasteiger partial charge in [0.2, 0.25) is 0 Å². The fourth-order valence-corrected chi connectivity index (χ4v) is 1.67. The number of aliphatic hydroxyl groups excluding tert-OH is 3. The Bertz CT molecular complexity index is 460. The highest BCUT2D eigenvalue weighted by atomic mass is 32.1. The molecular weight excluding hydrogens is 480 g/mol. The van der Waals surface area contributed by atoms with Crippen molar-refractivity contribution in [2.75, 3.05) is 19.8 Å². The topological polar surface area (TPSA) is 173 Å². The third-order valence-electron chi connectivity index (χ3n) is 2.90. The van der Waals surface area contributed by atoms with Crippen molar-refractivity contribution in [1.29, 1.82) is 0 Å². The van der Waals surface area contributed by atoms with Gasteiger partial charge in [0.1, 0.15) is 0 Å². The monoisotopic (exact) mass is 522 g/mol. The van der Waals surface area contributed by atoms with Gasteiger partial charge >= 0.3 is 17.9 Å². The molecule has 0 aliphatic carbocycles. The van der Waals surface area contributed by atoms with Crippen molar-refractivity contribution in [1.82, 2.24) is 0 Å². The van der Waals surface area contributed by atoms with Crippen LogP contribution in [0.25, 0.3) is 0 Å². The van der Waals surface area contributed by atoms with Crippen molar-refractivity contribution in [3.63, 3.8) is 0 Å². The minimum absolute atomic E-state index is 0.107. The van der Waals surface area contributed by atoms with Crippen LogP contribution >= 0.6 is 37.9 Å². The summed E-state index contributed by atoms with van der Waals surface area (Å²) in [5.41, 5.74) is -0.708. The molecule has 6 N–H and O–H groups in total. The van der Waals surface area contributed by atoms with E-state index >= 15 is 0 Å². The van der Waals surface area contributed by atoms with Crippen LogP contribution in [0.4, 0.5) is 0 Å². The molecule has 0 atom stereocenters. The molecule has 9 nitrogen and oxygen atoms in total. The summed E-state index contributed by atoms with van der Waals surface area (Å²) in [6.07, 6.45) is 0.322. The van der Waals surface area contributed by atoms with Gasteiger partial charge in [0.15, 0.2) is 0 Å². The maximum atomic E-state index is 9.97. The Hall–Kier alpha value is -0.660. The zero-order valence-corrected chi connectivity index (χ0v) is 22.7. The fourth-order valence-electron chi connectivity index (χ4n) is 1.26. The first-order valence-corrected chi connectivity index (χ1v) is 10.9. The summed E-state index contributed by atoms with van der Waals surface area (Å²) in [6.45, 7) is 11.7.